The number of nitrogens with zero attached hydrogens (tertiary/aromatic N) is 3. The van der Waals surface area contributed by atoms with E-state index < -0.39 is 0 Å². The molecule has 1 unspecified atom stereocenters. The number of hydrogen-bond acceptors (Lipinski definition) is 4. The predicted molar refractivity (Wildman–Crippen MR) is 72.7 cm³/mol. The van der Waals surface area contributed by atoms with Crippen LogP contribution in [0.2, 0.25) is 0 Å². The Labute approximate surface area is 113 Å². The first-order valence-electron chi connectivity index (χ1n) is 6.40. The van der Waals surface area contributed by atoms with Gasteiger partial charge in [0.2, 0.25) is 5.91 Å². The lowest BCUT2D eigenvalue weighted by Gasteiger charge is -2.30. The minimum absolute atomic E-state index is 0.0944. The molecule has 1 aliphatic heterocycles. The van der Waals surface area contributed by atoms with E-state index in [2.05, 4.69) is 16.4 Å². The van der Waals surface area contributed by atoms with Crippen LogP contribution >= 0.6 is 0 Å². The van der Waals surface area contributed by atoms with Crippen molar-refractivity contribution in [3.63, 3.8) is 0 Å². The summed E-state index contributed by atoms with van der Waals surface area (Å²) in [7, 11) is 1.82. The van der Waals surface area contributed by atoms with E-state index in [4.69, 9.17) is 0 Å². The van der Waals surface area contributed by atoms with E-state index in [0.29, 0.717) is 12.0 Å². The summed E-state index contributed by atoms with van der Waals surface area (Å²) >= 11 is 0. The van der Waals surface area contributed by atoms with Gasteiger partial charge < -0.3 is 10.2 Å². The van der Waals surface area contributed by atoms with Gasteiger partial charge in [-0.3, -0.25) is 9.78 Å². The van der Waals surface area contributed by atoms with Crippen LogP contribution < -0.4 is 5.32 Å². The molecule has 0 saturated carbocycles. The van der Waals surface area contributed by atoms with Crippen LogP contribution in [0.3, 0.4) is 0 Å². The Hall–Kier alpha value is -2.09. The summed E-state index contributed by atoms with van der Waals surface area (Å²) in [6.45, 7) is 4.48. The van der Waals surface area contributed by atoms with E-state index in [1.54, 1.807) is 4.90 Å². The van der Waals surface area contributed by atoms with Gasteiger partial charge in [0.05, 0.1) is 16.9 Å². The Bertz CT molecular complexity index is 547. The number of nitriles is 1. The number of likely N-dealkylation sites (tertiary alicyclic amines) is 1. The molecular formula is C14H18N4O. The Morgan fingerprint density at radius 3 is 2.89 bits per heavy atom. The molecule has 1 saturated heterocycles. The monoisotopic (exact) mass is 258 g/mol. The third-order valence-electron chi connectivity index (χ3n) is 3.46. The van der Waals surface area contributed by atoms with Gasteiger partial charge in [-0.2, -0.15) is 5.26 Å². The highest BCUT2D eigenvalue weighted by Crippen LogP contribution is 2.22. The Balaban J connectivity index is 2.20. The number of aryl methyl sites for hydroxylation is 2. The normalized spacial score (nSPS) is 19.2. The van der Waals surface area contributed by atoms with Crippen LogP contribution in [0.5, 0.6) is 0 Å². The average molecular weight is 258 g/mol. The Morgan fingerprint density at radius 2 is 2.26 bits per heavy atom. The lowest BCUT2D eigenvalue weighted by atomic mass is 10.0. The molecule has 1 N–H and O–H groups in total. The maximum atomic E-state index is 11.7. The number of amides is 1. The summed E-state index contributed by atoms with van der Waals surface area (Å²) in [5.41, 5.74) is 2.95. The summed E-state index contributed by atoms with van der Waals surface area (Å²) in [5.74, 6) is 0.143. The molecule has 1 aromatic heterocycles. The SMILES string of the molecule is Cc1cc(NC2CCN(C)C(=O)C2)c(C#N)c(C)n1. The predicted octanol–water partition coefficient (Wildman–Crippen LogP) is 1.60. The van der Waals surface area contributed by atoms with Crippen molar-refractivity contribution in [3.05, 3.63) is 23.0 Å². The van der Waals surface area contributed by atoms with E-state index >= 15 is 0 Å². The summed E-state index contributed by atoms with van der Waals surface area (Å²) < 4.78 is 0. The van der Waals surface area contributed by atoms with Crippen molar-refractivity contribution >= 4 is 11.6 Å². The van der Waals surface area contributed by atoms with Gasteiger partial charge in [0.1, 0.15) is 6.07 Å². The first-order valence-corrected chi connectivity index (χ1v) is 6.40. The average Bonchev–Trinajstić information content (AvgIpc) is 2.33. The molecule has 100 valence electrons. The van der Waals surface area contributed by atoms with Gasteiger partial charge >= 0.3 is 0 Å². The summed E-state index contributed by atoms with van der Waals surface area (Å²) in [6.07, 6.45) is 1.37. The van der Waals surface area contributed by atoms with Crippen molar-refractivity contribution < 1.29 is 4.79 Å². The standard InChI is InChI=1S/C14H18N4O/c1-9-6-13(12(8-15)10(2)16-9)17-11-4-5-18(3)14(19)7-11/h6,11H,4-5,7H2,1-3H3,(H,16,17). The molecule has 0 radical (unpaired) electrons. The lowest BCUT2D eigenvalue weighted by Crippen LogP contribution is -2.41. The van der Waals surface area contributed by atoms with Gasteiger partial charge in [0.15, 0.2) is 0 Å². The van der Waals surface area contributed by atoms with Crippen LogP contribution in [0.4, 0.5) is 5.69 Å². The first kappa shape index (κ1) is 13.3. The number of aromatic nitrogens is 1. The smallest absolute Gasteiger partial charge is 0.224 e. The molecule has 0 aliphatic carbocycles. The molecule has 1 aliphatic rings. The highest BCUT2D eigenvalue weighted by Gasteiger charge is 2.24. The number of anilines is 1. The molecule has 0 aromatic carbocycles. The number of pyridine rings is 1. The van der Waals surface area contributed by atoms with Crippen LogP contribution in [0.1, 0.15) is 29.8 Å². The van der Waals surface area contributed by atoms with Crippen molar-refractivity contribution in [1.29, 1.82) is 5.26 Å². The van der Waals surface area contributed by atoms with E-state index in [-0.39, 0.29) is 11.9 Å². The summed E-state index contributed by atoms with van der Waals surface area (Å²) in [6, 6.07) is 4.14. The fourth-order valence-electron chi connectivity index (χ4n) is 2.37. The maximum absolute atomic E-state index is 11.7. The van der Waals surface area contributed by atoms with Gasteiger partial charge in [-0.25, -0.2) is 0 Å². The second kappa shape index (κ2) is 5.27. The second-order valence-electron chi connectivity index (χ2n) is 5.03. The molecule has 0 spiro atoms. The van der Waals surface area contributed by atoms with E-state index in [1.807, 2.05) is 27.0 Å². The lowest BCUT2D eigenvalue weighted by molar-refractivity contribution is -0.132. The van der Waals surface area contributed by atoms with Crippen LogP contribution in [0.15, 0.2) is 6.07 Å². The molecule has 5 heteroatoms. The molecule has 1 atom stereocenters. The van der Waals surface area contributed by atoms with Gasteiger partial charge in [0.25, 0.3) is 0 Å². The molecule has 0 bridgehead atoms. The fourth-order valence-corrected chi connectivity index (χ4v) is 2.37. The zero-order valence-electron chi connectivity index (χ0n) is 11.5. The molecule has 2 rings (SSSR count). The largest absolute Gasteiger partial charge is 0.381 e. The second-order valence-corrected chi connectivity index (χ2v) is 5.03. The van der Waals surface area contributed by atoms with Crippen molar-refractivity contribution in [2.75, 3.05) is 18.9 Å². The van der Waals surface area contributed by atoms with Crippen LogP contribution in [-0.2, 0) is 4.79 Å². The Kier molecular flexibility index (Phi) is 3.70. The third-order valence-corrected chi connectivity index (χ3v) is 3.46. The molecule has 1 aromatic rings. The summed E-state index contributed by atoms with van der Waals surface area (Å²) in [5, 5.41) is 12.5. The minimum Gasteiger partial charge on any atom is -0.381 e. The van der Waals surface area contributed by atoms with Crippen LogP contribution in [0.25, 0.3) is 0 Å². The highest BCUT2D eigenvalue weighted by atomic mass is 16.2. The van der Waals surface area contributed by atoms with Crippen LogP contribution in [0, 0.1) is 25.2 Å². The minimum atomic E-state index is 0.0944. The topological polar surface area (TPSA) is 69.0 Å². The zero-order valence-corrected chi connectivity index (χ0v) is 11.5. The van der Waals surface area contributed by atoms with E-state index in [9.17, 15) is 10.1 Å². The van der Waals surface area contributed by atoms with Crippen molar-refractivity contribution in [1.82, 2.24) is 9.88 Å². The van der Waals surface area contributed by atoms with E-state index in [1.165, 1.54) is 0 Å². The molecule has 19 heavy (non-hydrogen) atoms. The molecule has 5 nitrogen and oxygen atoms in total. The quantitative estimate of drug-likeness (QED) is 0.875. The van der Waals surface area contributed by atoms with E-state index in [0.717, 1.165) is 30.0 Å². The number of carbonyl (C=O) groups excluding carboxylic acids is 1. The zero-order chi connectivity index (χ0) is 14.0. The van der Waals surface area contributed by atoms with Gasteiger partial charge in [-0.15, -0.1) is 0 Å². The molecule has 2 heterocycles. The first-order chi connectivity index (χ1) is 9.01. The van der Waals surface area contributed by atoms with Gasteiger partial charge in [0, 0.05) is 31.7 Å². The van der Waals surface area contributed by atoms with Gasteiger partial charge in [-0.05, 0) is 26.3 Å². The number of piperidine rings is 1. The van der Waals surface area contributed by atoms with Crippen LogP contribution in [-0.4, -0.2) is 35.4 Å². The Morgan fingerprint density at radius 1 is 1.53 bits per heavy atom. The van der Waals surface area contributed by atoms with Crippen molar-refractivity contribution in [2.45, 2.75) is 32.7 Å². The fraction of sp³-hybridized carbons (Fsp3) is 0.500. The summed E-state index contributed by atoms with van der Waals surface area (Å²) in [4.78, 5) is 17.7. The van der Waals surface area contributed by atoms with Crippen molar-refractivity contribution in [2.24, 2.45) is 0 Å². The maximum Gasteiger partial charge on any atom is 0.224 e. The number of nitrogens with one attached hydrogen (secondary N) is 1. The van der Waals surface area contributed by atoms with Crippen molar-refractivity contribution in [3.8, 4) is 6.07 Å². The van der Waals surface area contributed by atoms with Gasteiger partial charge in [-0.1, -0.05) is 0 Å². The molecular weight excluding hydrogens is 240 g/mol. The number of hydrogen-bond donors (Lipinski definition) is 1. The third kappa shape index (κ3) is 2.84. The number of carbonyl (C=O) groups is 1. The molecule has 1 amide bonds. The highest BCUT2D eigenvalue weighted by molar-refractivity contribution is 5.78. The molecule has 1 fully saturated rings. The number of rotatable bonds is 2.